The van der Waals surface area contributed by atoms with Crippen molar-refractivity contribution in [2.24, 2.45) is 0 Å². The van der Waals surface area contributed by atoms with Gasteiger partial charge in [0.25, 0.3) is 11.8 Å². The third-order valence-electron chi connectivity index (χ3n) is 4.11. The van der Waals surface area contributed by atoms with Gasteiger partial charge in [0.15, 0.2) is 5.13 Å². The molecule has 0 saturated carbocycles. The molecular weight excluding hydrogens is 433 g/mol. The number of hydrogen-bond acceptors (Lipinski definition) is 6. The number of aromatic nitrogens is 1. The lowest BCUT2D eigenvalue weighted by Crippen LogP contribution is -2.42. The van der Waals surface area contributed by atoms with Gasteiger partial charge in [-0.15, -0.1) is 36.2 Å². The van der Waals surface area contributed by atoms with E-state index in [0.717, 1.165) is 6.54 Å². The maximum Gasteiger partial charge on any atom is 0.270 e. The molecule has 0 aliphatic carbocycles. The Labute approximate surface area is 188 Å². The van der Waals surface area contributed by atoms with Crippen molar-refractivity contribution in [1.82, 2.24) is 15.2 Å². The van der Waals surface area contributed by atoms with E-state index >= 15 is 0 Å². The molecule has 10 heteroatoms. The van der Waals surface area contributed by atoms with Crippen molar-refractivity contribution < 1.29 is 9.59 Å². The molecule has 0 radical (unpaired) electrons. The number of benzene rings is 1. The van der Waals surface area contributed by atoms with Crippen LogP contribution in [0.2, 0.25) is 0 Å². The first-order valence-electron chi connectivity index (χ1n) is 8.94. The molecule has 0 spiro atoms. The van der Waals surface area contributed by atoms with E-state index in [9.17, 15) is 9.59 Å². The van der Waals surface area contributed by atoms with E-state index < -0.39 is 0 Å². The topological polar surface area (TPSA) is 100 Å². The minimum atomic E-state index is -0.291. The molecule has 7 nitrogen and oxygen atoms in total. The predicted octanol–water partition coefficient (Wildman–Crippen LogP) is 3.67. The molecule has 29 heavy (non-hydrogen) atoms. The molecule has 2 aromatic rings. The van der Waals surface area contributed by atoms with Crippen molar-refractivity contribution in [2.75, 3.05) is 24.1 Å². The van der Waals surface area contributed by atoms with Crippen molar-refractivity contribution in [2.45, 2.75) is 39.8 Å². The lowest BCUT2D eigenvalue weighted by atomic mass is 10.2. The van der Waals surface area contributed by atoms with Gasteiger partial charge in [0, 0.05) is 41.8 Å². The average molecular weight is 462 g/mol. The minimum Gasteiger partial charge on any atom is -0.399 e. The zero-order valence-corrected chi connectivity index (χ0v) is 19.4. The smallest absolute Gasteiger partial charge is 0.270 e. The molecule has 2 rings (SSSR count). The fourth-order valence-electron chi connectivity index (χ4n) is 2.74. The van der Waals surface area contributed by atoms with E-state index in [1.165, 1.54) is 11.3 Å². The van der Waals surface area contributed by atoms with Gasteiger partial charge < -0.3 is 11.1 Å². The van der Waals surface area contributed by atoms with Gasteiger partial charge in [0.1, 0.15) is 5.69 Å². The molecule has 0 bridgehead atoms. The first kappa shape index (κ1) is 27.1. The lowest BCUT2D eigenvalue weighted by molar-refractivity contribution is 0.0934. The monoisotopic (exact) mass is 461 g/mol. The summed E-state index contributed by atoms with van der Waals surface area (Å²) in [6.07, 6.45) is 0. The number of rotatable bonds is 8. The highest BCUT2D eigenvalue weighted by Crippen LogP contribution is 2.17. The molecule has 1 aromatic heterocycles. The molecule has 0 aliphatic rings. The number of halogens is 2. The van der Waals surface area contributed by atoms with Crippen molar-refractivity contribution in [3.8, 4) is 0 Å². The SMILES string of the molecule is CC(C)N(CCNC(=O)c1csc(NC(=O)c2ccc(N)cc2)n1)C(C)C.Cl.Cl. The Morgan fingerprint density at radius 1 is 1.07 bits per heavy atom. The number of carbonyl (C=O) groups excluding carboxylic acids is 2. The Morgan fingerprint density at radius 3 is 2.21 bits per heavy atom. The van der Waals surface area contributed by atoms with E-state index in [1.54, 1.807) is 29.6 Å². The Morgan fingerprint density at radius 2 is 1.66 bits per heavy atom. The van der Waals surface area contributed by atoms with Gasteiger partial charge in [-0.1, -0.05) is 0 Å². The molecule has 0 unspecified atom stereocenters. The van der Waals surface area contributed by atoms with Gasteiger partial charge in [-0.25, -0.2) is 4.98 Å². The summed E-state index contributed by atoms with van der Waals surface area (Å²) in [5, 5.41) is 7.60. The zero-order valence-electron chi connectivity index (χ0n) is 17.0. The van der Waals surface area contributed by atoms with Crippen LogP contribution in [0.3, 0.4) is 0 Å². The molecule has 0 saturated heterocycles. The Balaban J connectivity index is 0.00000392. The molecule has 1 heterocycles. The molecule has 162 valence electrons. The summed E-state index contributed by atoms with van der Waals surface area (Å²) in [6, 6.07) is 7.43. The Hall–Kier alpha value is -1.87. The maximum atomic E-state index is 12.3. The Kier molecular flexibility index (Phi) is 11.8. The van der Waals surface area contributed by atoms with Crippen LogP contribution in [0.15, 0.2) is 29.6 Å². The van der Waals surface area contributed by atoms with Crippen LogP contribution >= 0.6 is 36.2 Å². The van der Waals surface area contributed by atoms with Crippen LogP contribution in [0.4, 0.5) is 10.8 Å². The summed E-state index contributed by atoms with van der Waals surface area (Å²) in [6.45, 7) is 9.86. The van der Waals surface area contributed by atoms with E-state index in [4.69, 9.17) is 5.73 Å². The van der Waals surface area contributed by atoms with Crippen molar-refractivity contribution in [3.05, 3.63) is 40.9 Å². The molecule has 0 aliphatic heterocycles. The van der Waals surface area contributed by atoms with E-state index in [0.29, 0.717) is 40.7 Å². The predicted molar refractivity (Wildman–Crippen MR) is 125 cm³/mol. The van der Waals surface area contributed by atoms with Gasteiger partial charge in [0.2, 0.25) is 0 Å². The van der Waals surface area contributed by atoms with Gasteiger partial charge in [0.05, 0.1) is 0 Å². The quantitative estimate of drug-likeness (QED) is 0.520. The van der Waals surface area contributed by atoms with Crippen molar-refractivity contribution in [3.63, 3.8) is 0 Å². The lowest BCUT2D eigenvalue weighted by Gasteiger charge is -2.30. The first-order chi connectivity index (χ1) is 12.8. The first-order valence-corrected chi connectivity index (χ1v) is 9.82. The second-order valence-corrected chi connectivity index (χ2v) is 7.65. The number of nitrogens with zero attached hydrogens (tertiary/aromatic N) is 2. The summed E-state index contributed by atoms with van der Waals surface area (Å²) in [7, 11) is 0. The van der Waals surface area contributed by atoms with E-state index in [-0.39, 0.29) is 36.6 Å². The summed E-state index contributed by atoms with van der Waals surface area (Å²) in [5.41, 5.74) is 6.99. The number of carbonyl (C=O) groups is 2. The third-order valence-corrected chi connectivity index (χ3v) is 4.87. The number of anilines is 2. The number of thiazole rings is 1. The summed E-state index contributed by atoms with van der Waals surface area (Å²) in [4.78, 5) is 31.0. The largest absolute Gasteiger partial charge is 0.399 e. The van der Waals surface area contributed by atoms with Crippen LogP contribution < -0.4 is 16.4 Å². The standard InChI is InChI=1S/C19H27N5O2S.2ClH/c1-12(2)24(13(3)4)10-9-21-18(26)16-11-27-19(22-16)23-17(25)14-5-7-15(20)8-6-14;;/h5-8,11-13H,9-10,20H2,1-4H3,(H,21,26)(H,22,23,25);2*1H. The van der Waals surface area contributed by atoms with Crippen LogP contribution in [0.5, 0.6) is 0 Å². The van der Waals surface area contributed by atoms with Crippen LogP contribution in [0.25, 0.3) is 0 Å². The van der Waals surface area contributed by atoms with Crippen LogP contribution in [-0.2, 0) is 0 Å². The zero-order chi connectivity index (χ0) is 20.0. The summed E-state index contributed by atoms with van der Waals surface area (Å²) >= 11 is 1.21. The number of nitrogens with two attached hydrogens (primary N) is 1. The number of nitrogens with one attached hydrogen (secondary N) is 2. The van der Waals surface area contributed by atoms with Gasteiger partial charge in [-0.05, 0) is 52.0 Å². The van der Waals surface area contributed by atoms with E-state index in [1.807, 2.05) is 0 Å². The fraction of sp³-hybridized carbons (Fsp3) is 0.421. The maximum absolute atomic E-state index is 12.3. The van der Waals surface area contributed by atoms with Crippen molar-refractivity contribution >= 4 is 58.8 Å². The van der Waals surface area contributed by atoms with Crippen LogP contribution in [-0.4, -0.2) is 46.9 Å². The molecule has 0 fully saturated rings. The third kappa shape index (κ3) is 8.18. The highest BCUT2D eigenvalue weighted by molar-refractivity contribution is 7.14. The number of amides is 2. The summed E-state index contributed by atoms with van der Waals surface area (Å²) < 4.78 is 0. The molecule has 1 aromatic carbocycles. The fourth-order valence-corrected chi connectivity index (χ4v) is 3.43. The van der Waals surface area contributed by atoms with Gasteiger partial charge in [-0.3, -0.25) is 19.8 Å². The van der Waals surface area contributed by atoms with Crippen LogP contribution in [0, 0.1) is 0 Å². The Bertz CT molecular complexity index is 773. The van der Waals surface area contributed by atoms with Gasteiger partial charge in [-0.2, -0.15) is 0 Å². The molecular formula is C19H29Cl2N5O2S. The minimum absolute atomic E-state index is 0. The average Bonchev–Trinajstić information content (AvgIpc) is 3.07. The molecule has 4 N–H and O–H groups in total. The van der Waals surface area contributed by atoms with Crippen LogP contribution in [0.1, 0.15) is 48.5 Å². The molecule has 0 atom stereocenters. The normalized spacial score (nSPS) is 10.4. The van der Waals surface area contributed by atoms with Crippen molar-refractivity contribution in [1.29, 1.82) is 0 Å². The highest BCUT2D eigenvalue weighted by atomic mass is 35.5. The summed E-state index contributed by atoms with van der Waals surface area (Å²) in [5.74, 6) is -0.535. The van der Waals surface area contributed by atoms with E-state index in [2.05, 4.69) is 48.2 Å². The number of nitrogen functional groups attached to an aromatic ring is 1. The van der Waals surface area contributed by atoms with Gasteiger partial charge >= 0.3 is 0 Å². The molecule has 2 amide bonds. The second kappa shape index (κ2) is 12.6. The highest BCUT2D eigenvalue weighted by Gasteiger charge is 2.15. The second-order valence-electron chi connectivity index (χ2n) is 6.80. The number of hydrogen-bond donors (Lipinski definition) is 3.